The van der Waals surface area contributed by atoms with Gasteiger partial charge in [-0.15, -0.1) is 0 Å². The van der Waals surface area contributed by atoms with Crippen LogP contribution in [0.2, 0.25) is 16.4 Å². The molecule has 1 aliphatic rings. The summed E-state index contributed by atoms with van der Waals surface area (Å²) in [6.07, 6.45) is 4.92. The van der Waals surface area contributed by atoms with E-state index in [4.69, 9.17) is 39.0 Å². The maximum absolute atomic E-state index is 11.6. The highest BCUT2D eigenvalue weighted by molar-refractivity contribution is 6.42. The molecular formula is C21H34BCl2N3O4. The number of rotatable bonds is 13. The molecule has 0 bridgehead atoms. The number of nitrogens with two attached hydrogens (primary N) is 1. The molecule has 10 heteroatoms. The fourth-order valence-electron chi connectivity index (χ4n) is 4.00. The van der Waals surface area contributed by atoms with Crippen LogP contribution in [0.4, 0.5) is 0 Å². The van der Waals surface area contributed by atoms with Gasteiger partial charge in [-0.2, -0.15) is 0 Å². The number of unbranched alkanes of at least 4 members (excludes halogenated alkanes) is 1. The molecule has 0 radical (unpaired) electrons. The number of piperidine rings is 1. The van der Waals surface area contributed by atoms with Gasteiger partial charge in [0.15, 0.2) is 0 Å². The van der Waals surface area contributed by atoms with Gasteiger partial charge in [-0.1, -0.05) is 42.1 Å². The van der Waals surface area contributed by atoms with E-state index in [1.807, 2.05) is 18.2 Å². The van der Waals surface area contributed by atoms with Crippen molar-refractivity contribution < 1.29 is 19.9 Å². The quantitative estimate of drug-likeness (QED) is 0.220. The molecule has 1 atom stereocenters. The predicted molar refractivity (Wildman–Crippen MR) is 125 cm³/mol. The predicted octanol–water partition coefficient (Wildman–Crippen LogP) is 2.75. The largest absolute Gasteiger partial charge is 0.480 e. The van der Waals surface area contributed by atoms with E-state index in [2.05, 4.69) is 10.2 Å². The Kier molecular flexibility index (Phi) is 11.1. The van der Waals surface area contributed by atoms with Crippen LogP contribution in [0.5, 0.6) is 0 Å². The van der Waals surface area contributed by atoms with Gasteiger partial charge in [-0.05, 0) is 75.8 Å². The molecule has 1 unspecified atom stereocenters. The molecule has 6 N–H and O–H groups in total. The summed E-state index contributed by atoms with van der Waals surface area (Å²) in [5, 5.41) is 32.0. The first-order valence-electron chi connectivity index (χ1n) is 11.0. The SMILES string of the molecule is NC(CCCCB(O)O)(CCCN1CCC(NCc2ccc(Cl)c(Cl)c2)CC1)C(=O)O. The smallest absolute Gasteiger partial charge is 0.451 e. The van der Waals surface area contributed by atoms with Gasteiger partial charge < -0.3 is 31.1 Å². The lowest BCUT2D eigenvalue weighted by Crippen LogP contribution is -2.49. The number of aliphatic carboxylic acids is 1. The number of carbonyl (C=O) groups is 1. The lowest BCUT2D eigenvalue weighted by atomic mass is 9.81. The van der Waals surface area contributed by atoms with Gasteiger partial charge >= 0.3 is 13.1 Å². The van der Waals surface area contributed by atoms with Gasteiger partial charge in [-0.25, -0.2) is 0 Å². The van der Waals surface area contributed by atoms with E-state index in [-0.39, 0.29) is 6.32 Å². The van der Waals surface area contributed by atoms with Crippen molar-refractivity contribution in [3.05, 3.63) is 33.8 Å². The van der Waals surface area contributed by atoms with Crippen molar-refractivity contribution in [2.45, 2.75) is 69.4 Å². The Bertz CT molecular complexity index is 705. The van der Waals surface area contributed by atoms with Crippen LogP contribution < -0.4 is 11.1 Å². The van der Waals surface area contributed by atoms with E-state index in [1.165, 1.54) is 0 Å². The highest BCUT2D eigenvalue weighted by atomic mass is 35.5. The third kappa shape index (κ3) is 9.26. The number of carboxylic acid groups (broad SMARTS) is 1. The molecule has 1 fully saturated rings. The number of hydrogen-bond donors (Lipinski definition) is 5. The van der Waals surface area contributed by atoms with Gasteiger partial charge in [0.25, 0.3) is 0 Å². The lowest BCUT2D eigenvalue weighted by Gasteiger charge is -2.33. The average Bonchev–Trinajstić information content (AvgIpc) is 2.73. The van der Waals surface area contributed by atoms with E-state index in [1.54, 1.807) is 0 Å². The number of carboxylic acids is 1. The van der Waals surface area contributed by atoms with Crippen LogP contribution in [0.15, 0.2) is 18.2 Å². The van der Waals surface area contributed by atoms with Crippen LogP contribution in [-0.2, 0) is 11.3 Å². The lowest BCUT2D eigenvalue weighted by molar-refractivity contribution is -0.144. The monoisotopic (exact) mass is 473 g/mol. The number of nitrogens with one attached hydrogen (secondary N) is 1. The molecule has 0 spiro atoms. The fraction of sp³-hybridized carbons (Fsp3) is 0.667. The van der Waals surface area contributed by atoms with Crippen LogP contribution in [-0.4, -0.2) is 64.4 Å². The Labute approximate surface area is 195 Å². The summed E-state index contributed by atoms with van der Waals surface area (Å²) in [6.45, 7) is 3.53. The second-order valence-corrected chi connectivity index (χ2v) is 9.35. The van der Waals surface area contributed by atoms with Gasteiger partial charge in [-0.3, -0.25) is 4.79 Å². The molecule has 2 rings (SSSR count). The highest BCUT2D eigenvalue weighted by Gasteiger charge is 2.33. The van der Waals surface area contributed by atoms with E-state index in [0.29, 0.717) is 41.8 Å². The van der Waals surface area contributed by atoms with Gasteiger partial charge in [0.2, 0.25) is 0 Å². The Balaban J connectivity index is 1.66. The molecule has 1 aromatic rings. The van der Waals surface area contributed by atoms with Crippen LogP contribution in [0.1, 0.15) is 50.5 Å². The molecule has 0 aliphatic carbocycles. The van der Waals surface area contributed by atoms with E-state index < -0.39 is 18.6 Å². The number of hydrogen-bond acceptors (Lipinski definition) is 6. The van der Waals surface area contributed by atoms with Crippen molar-refractivity contribution in [2.75, 3.05) is 19.6 Å². The molecule has 0 saturated carbocycles. The van der Waals surface area contributed by atoms with Crippen molar-refractivity contribution in [3.8, 4) is 0 Å². The number of likely N-dealkylation sites (tertiary alicyclic amines) is 1. The second-order valence-electron chi connectivity index (χ2n) is 8.54. The summed E-state index contributed by atoms with van der Waals surface area (Å²) >= 11 is 12.0. The minimum Gasteiger partial charge on any atom is -0.480 e. The van der Waals surface area contributed by atoms with Crippen molar-refractivity contribution in [1.82, 2.24) is 10.2 Å². The van der Waals surface area contributed by atoms with E-state index in [9.17, 15) is 9.90 Å². The number of nitrogens with zero attached hydrogens (tertiary/aromatic N) is 1. The Morgan fingerprint density at radius 2 is 1.84 bits per heavy atom. The minimum absolute atomic E-state index is 0.240. The zero-order valence-electron chi connectivity index (χ0n) is 17.9. The maximum atomic E-state index is 11.6. The molecule has 1 aromatic carbocycles. The molecular weight excluding hydrogens is 440 g/mol. The Morgan fingerprint density at radius 3 is 2.45 bits per heavy atom. The average molecular weight is 474 g/mol. The molecule has 174 valence electrons. The maximum Gasteiger partial charge on any atom is 0.451 e. The third-order valence-corrected chi connectivity index (χ3v) is 6.76. The summed E-state index contributed by atoms with van der Waals surface area (Å²) in [4.78, 5) is 14.0. The standard InChI is InChI=1S/C21H34BCl2N3O4/c23-18-5-4-16(14-19(18)24)15-26-17-6-12-27(13-7-17)11-3-9-21(25,20(28)29)8-1-2-10-22(30)31/h4-5,14,17,26,30-31H,1-3,6-13,15,25H2,(H,28,29). The summed E-state index contributed by atoms with van der Waals surface area (Å²) in [6, 6.07) is 6.12. The van der Waals surface area contributed by atoms with Crippen molar-refractivity contribution in [2.24, 2.45) is 5.73 Å². The first-order valence-corrected chi connectivity index (χ1v) is 11.7. The second kappa shape index (κ2) is 13.0. The van der Waals surface area contributed by atoms with Gasteiger partial charge in [0, 0.05) is 12.6 Å². The zero-order valence-corrected chi connectivity index (χ0v) is 19.4. The van der Waals surface area contributed by atoms with Crippen molar-refractivity contribution in [1.29, 1.82) is 0 Å². The minimum atomic E-state index is -1.35. The van der Waals surface area contributed by atoms with Crippen LogP contribution >= 0.6 is 23.2 Å². The molecule has 0 amide bonds. The number of benzene rings is 1. The van der Waals surface area contributed by atoms with Crippen molar-refractivity contribution in [3.63, 3.8) is 0 Å². The third-order valence-electron chi connectivity index (χ3n) is 6.02. The first kappa shape index (κ1) is 26.4. The normalized spacial score (nSPS) is 17.5. The highest BCUT2D eigenvalue weighted by Crippen LogP contribution is 2.23. The molecule has 7 nitrogen and oxygen atoms in total. The number of halogens is 2. The summed E-state index contributed by atoms with van der Waals surface area (Å²) in [7, 11) is -1.35. The topological polar surface area (TPSA) is 119 Å². The van der Waals surface area contributed by atoms with Crippen LogP contribution in [0, 0.1) is 0 Å². The summed E-state index contributed by atoms with van der Waals surface area (Å²) < 4.78 is 0. The van der Waals surface area contributed by atoms with E-state index >= 15 is 0 Å². The van der Waals surface area contributed by atoms with E-state index in [0.717, 1.165) is 51.0 Å². The van der Waals surface area contributed by atoms with Gasteiger partial charge in [0.1, 0.15) is 5.54 Å². The fourth-order valence-corrected chi connectivity index (χ4v) is 4.32. The molecule has 1 heterocycles. The van der Waals surface area contributed by atoms with Gasteiger partial charge in [0.05, 0.1) is 10.0 Å². The molecule has 31 heavy (non-hydrogen) atoms. The van der Waals surface area contributed by atoms with Crippen molar-refractivity contribution >= 4 is 36.3 Å². The first-order chi connectivity index (χ1) is 14.7. The molecule has 1 aliphatic heterocycles. The van der Waals surface area contributed by atoms with Crippen LogP contribution in [0.25, 0.3) is 0 Å². The Morgan fingerprint density at radius 1 is 1.16 bits per heavy atom. The Hall–Kier alpha value is -0.865. The molecule has 1 saturated heterocycles. The summed E-state index contributed by atoms with van der Waals surface area (Å²) in [5.74, 6) is -0.984. The summed E-state index contributed by atoms with van der Waals surface area (Å²) in [5.41, 5.74) is 6.00. The zero-order chi connectivity index (χ0) is 22.9. The van der Waals surface area contributed by atoms with Crippen LogP contribution in [0.3, 0.4) is 0 Å². The molecule has 0 aromatic heterocycles.